The molecular weight excluding hydrogens is 204 g/mol. The van der Waals surface area contributed by atoms with Gasteiger partial charge in [0.15, 0.2) is 0 Å². The molecule has 1 heterocycles. The van der Waals surface area contributed by atoms with Crippen LogP contribution in [0, 0.1) is 0 Å². The van der Waals surface area contributed by atoms with E-state index in [1.54, 1.807) is 18.0 Å². The summed E-state index contributed by atoms with van der Waals surface area (Å²) < 4.78 is 0. The van der Waals surface area contributed by atoms with Crippen molar-refractivity contribution < 1.29 is 4.79 Å². The Morgan fingerprint density at radius 1 is 1.50 bits per heavy atom. The predicted molar refractivity (Wildman–Crippen MR) is 62.0 cm³/mol. The van der Waals surface area contributed by atoms with Crippen molar-refractivity contribution in [2.75, 3.05) is 13.6 Å². The van der Waals surface area contributed by atoms with Gasteiger partial charge in [-0.3, -0.25) is 4.79 Å². The van der Waals surface area contributed by atoms with Crippen LogP contribution in [0.2, 0.25) is 0 Å². The number of nitrogens with zero attached hydrogens (tertiary/aromatic N) is 2. The van der Waals surface area contributed by atoms with Gasteiger partial charge < -0.3 is 16.5 Å². The standard InChI is InChI=1S/C11H14N4O/c1-15-5-4-7-2-3-8(10(12)14-13)6-9(7)11(15)16/h2-3,6H,4-5,13H2,1H3,(H2,12,14). The molecule has 0 unspecified atom stereocenters. The molecule has 0 fully saturated rings. The molecule has 0 aromatic heterocycles. The molecule has 16 heavy (non-hydrogen) atoms. The Morgan fingerprint density at radius 3 is 2.94 bits per heavy atom. The molecule has 1 aliphatic heterocycles. The SMILES string of the molecule is CN1CCc2ccc(/C(N)=N/N)cc2C1=O. The van der Waals surface area contributed by atoms with Crippen LogP contribution in [0.4, 0.5) is 0 Å². The molecule has 5 nitrogen and oxygen atoms in total. The van der Waals surface area contributed by atoms with Gasteiger partial charge in [-0.1, -0.05) is 12.1 Å². The smallest absolute Gasteiger partial charge is 0.253 e. The molecule has 0 atom stereocenters. The number of hydrogen-bond acceptors (Lipinski definition) is 3. The first-order valence-electron chi connectivity index (χ1n) is 5.05. The summed E-state index contributed by atoms with van der Waals surface area (Å²) in [6, 6.07) is 5.50. The van der Waals surface area contributed by atoms with Crippen molar-refractivity contribution in [3.63, 3.8) is 0 Å². The highest BCUT2D eigenvalue weighted by molar-refractivity contribution is 6.02. The molecule has 1 aromatic carbocycles. The quantitative estimate of drug-likeness (QED) is 0.298. The van der Waals surface area contributed by atoms with Crippen LogP contribution in [0.15, 0.2) is 23.3 Å². The second-order valence-corrected chi connectivity index (χ2v) is 3.86. The fourth-order valence-corrected chi connectivity index (χ4v) is 1.82. The first-order chi connectivity index (χ1) is 7.63. The normalized spacial score (nSPS) is 16.2. The Labute approximate surface area is 93.7 Å². The second kappa shape index (κ2) is 3.84. The third kappa shape index (κ3) is 1.60. The van der Waals surface area contributed by atoms with Crippen LogP contribution in [-0.2, 0) is 6.42 Å². The fourth-order valence-electron chi connectivity index (χ4n) is 1.82. The van der Waals surface area contributed by atoms with Crippen LogP contribution in [0.3, 0.4) is 0 Å². The summed E-state index contributed by atoms with van der Waals surface area (Å²) in [5.74, 6) is 5.37. The average molecular weight is 218 g/mol. The highest BCUT2D eigenvalue weighted by Gasteiger charge is 2.21. The van der Waals surface area contributed by atoms with Crippen molar-refractivity contribution in [1.29, 1.82) is 0 Å². The number of hydrogen-bond donors (Lipinski definition) is 2. The van der Waals surface area contributed by atoms with Crippen LogP contribution in [0.5, 0.6) is 0 Å². The molecule has 1 aromatic rings. The molecule has 0 saturated carbocycles. The predicted octanol–water partition coefficient (Wildman–Crippen LogP) is -0.106. The summed E-state index contributed by atoms with van der Waals surface area (Å²) in [5.41, 5.74) is 8.04. The zero-order chi connectivity index (χ0) is 11.7. The summed E-state index contributed by atoms with van der Waals surface area (Å²) in [6.45, 7) is 0.756. The van der Waals surface area contributed by atoms with Gasteiger partial charge in [0.25, 0.3) is 5.91 Å². The Bertz CT molecular complexity index is 467. The van der Waals surface area contributed by atoms with Gasteiger partial charge in [-0.15, -0.1) is 0 Å². The number of carbonyl (C=O) groups is 1. The number of carbonyl (C=O) groups excluding carboxylic acids is 1. The maximum Gasteiger partial charge on any atom is 0.253 e. The molecule has 0 spiro atoms. The van der Waals surface area contributed by atoms with E-state index >= 15 is 0 Å². The third-order valence-electron chi connectivity index (χ3n) is 2.84. The van der Waals surface area contributed by atoms with E-state index in [4.69, 9.17) is 11.6 Å². The van der Waals surface area contributed by atoms with E-state index in [1.165, 1.54) is 0 Å². The van der Waals surface area contributed by atoms with Crippen molar-refractivity contribution in [3.05, 3.63) is 34.9 Å². The molecule has 4 N–H and O–H groups in total. The van der Waals surface area contributed by atoms with Gasteiger partial charge in [0.2, 0.25) is 0 Å². The second-order valence-electron chi connectivity index (χ2n) is 3.86. The summed E-state index contributed by atoms with van der Waals surface area (Å²) in [5, 5.41) is 3.42. The number of nitrogens with two attached hydrogens (primary N) is 2. The Balaban J connectivity index is 2.48. The molecule has 0 aliphatic carbocycles. The van der Waals surface area contributed by atoms with Crippen LogP contribution in [0.25, 0.3) is 0 Å². The van der Waals surface area contributed by atoms with E-state index in [9.17, 15) is 4.79 Å². The van der Waals surface area contributed by atoms with E-state index in [0.717, 1.165) is 18.5 Å². The van der Waals surface area contributed by atoms with Crippen LogP contribution in [0.1, 0.15) is 21.5 Å². The van der Waals surface area contributed by atoms with Crippen LogP contribution in [-0.4, -0.2) is 30.2 Å². The lowest BCUT2D eigenvalue weighted by molar-refractivity contribution is 0.0781. The van der Waals surface area contributed by atoms with Crippen molar-refractivity contribution in [1.82, 2.24) is 4.90 Å². The van der Waals surface area contributed by atoms with Gasteiger partial charge >= 0.3 is 0 Å². The first-order valence-corrected chi connectivity index (χ1v) is 5.05. The van der Waals surface area contributed by atoms with Crippen LogP contribution >= 0.6 is 0 Å². The van der Waals surface area contributed by atoms with Gasteiger partial charge in [0.05, 0.1) is 0 Å². The largest absolute Gasteiger partial charge is 0.382 e. The van der Waals surface area contributed by atoms with Gasteiger partial charge in [0, 0.05) is 24.7 Å². The number of hydrazone groups is 1. The molecule has 1 amide bonds. The average Bonchev–Trinajstić information content (AvgIpc) is 2.32. The van der Waals surface area contributed by atoms with E-state index in [2.05, 4.69) is 5.10 Å². The summed E-state index contributed by atoms with van der Waals surface area (Å²) in [7, 11) is 1.79. The lowest BCUT2D eigenvalue weighted by atomic mass is 9.97. The minimum absolute atomic E-state index is 0.0212. The number of amidine groups is 1. The Hall–Kier alpha value is -2.04. The zero-order valence-electron chi connectivity index (χ0n) is 9.10. The number of benzene rings is 1. The lowest BCUT2D eigenvalue weighted by Crippen LogP contribution is -2.34. The minimum atomic E-state index is 0.0212. The first kappa shape index (κ1) is 10.5. The maximum atomic E-state index is 11.9. The van der Waals surface area contributed by atoms with E-state index in [1.807, 2.05) is 12.1 Å². The fraction of sp³-hybridized carbons (Fsp3) is 0.273. The van der Waals surface area contributed by atoms with Crippen molar-refractivity contribution in [3.8, 4) is 0 Å². The van der Waals surface area contributed by atoms with Gasteiger partial charge in [-0.05, 0) is 18.1 Å². The number of rotatable bonds is 1. The lowest BCUT2D eigenvalue weighted by Gasteiger charge is -2.25. The zero-order valence-corrected chi connectivity index (χ0v) is 9.10. The maximum absolute atomic E-state index is 11.9. The summed E-state index contributed by atoms with van der Waals surface area (Å²) in [4.78, 5) is 13.6. The molecule has 0 radical (unpaired) electrons. The van der Waals surface area contributed by atoms with Gasteiger partial charge in [-0.25, -0.2) is 0 Å². The van der Waals surface area contributed by atoms with E-state index in [-0.39, 0.29) is 11.7 Å². The van der Waals surface area contributed by atoms with Gasteiger partial charge in [0.1, 0.15) is 5.84 Å². The van der Waals surface area contributed by atoms with Crippen molar-refractivity contribution in [2.45, 2.75) is 6.42 Å². The van der Waals surface area contributed by atoms with Crippen molar-refractivity contribution >= 4 is 11.7 Å². The molecule has 1 aliphatic rings. The molecule has 5 heteroatoms. The Morgan fingerprint density at radius 2 is 2.25 bits per heavy atom. The van der Waals surface area contributed by atoms with E-state index < -0.39 is 0 Å². The minimum Gasteiger partial charge on any atom is -0.382 e. The molecular formula is C11H14N4O. The Kier molecular flexibility index (Phi) is 2.52. The molecule has 0 saturated heterocycles. The van der Waals surface area contributed by atoms with Gasteiger partial charge in [-0.2, -0.15) is 5.10 Å². The van der Waals surface area contributed by atoms with E-state index in [0.29, 0.717) is 11.1 Å². The summed E-state index contributed by atoms with van der Waals surface area (Å²) >= 11 is 0. The topological polar surface area (TPSA) is 84.7 Å². The molecule has 0 bridgehead atoms. The van der Waals surface area contributed by atoms with Crippen molar-refractivity contribution in [2.24, 2.45) is 16.7 Å². The summed E-state index contributed by atoms with van der Waals surface area (Å²) in [6.07, 6.45) is 0.873. The van der Waals surface area contributed by atoms with Crippen LogP contribution < -0.4 is 11.6 Å². The number of fused-ring (bicyclic) bond motifs is 1. The number of likely N-dealkylation sites (N-methyl/N-ethyl adjacent to an activating group) is 1. The third-order valence-corrected chi connectivity index (χ3v) is 2.84. The molecule has 2 rings (SSSR count). The highest BCUT2D eigenvalue weighted by atomic mass is 16.2. The monoisotopic (exact) mass is 218 g/mol. The number of amides is 1. The molecule has 84 valence electrons. The highest BCUT2D eigenvalue weighted by Crippen LogP contribution is 2.19.